The summed E-state index contributed by atoms with van der Waals surface area (Å²) in [5.74, 6) is -0.689. The Morgan fingerprint density at radius 3 is 2.73 bits per heavy atom. The average Bonchev–Trinajstić information content (AvgIpc) is 2.06. The largest absolute Gasteiger partial charge is 0.274 e. The molecule has 0 aliphatic rings. The van der Waals surface area contributed by atoms with Gasteiger partial charge in [0.1, 0.15) is 10.0 Å². The summed E-state index contributed by atoms with van der Waals surface area (Å²) in [6, 6.07) is 1.26. The van der Waals surface area contributed by atoms with Crippen molar-refractivity contribution >= 4 is 43.5 Å². The van der Waals surface area contributed by atoms with Crippen LogP contribution in [0.15, 0.2) is 21.6 Å². The lowest BCUT2D eigenvalue weighted by Gasteiger charge is -2.05. The summed E-state index contributed by atoms with van der Waals surface area (Å²) in [5, 5.41) is -0.188. The van der Waals surface area contributed by atoms with Gasteiger partial charge in [0.2, 0.25) is 5.91 Å². The molecule has 1 heterocycles. The quantitative estimate of drug-likeness (QED) is 0.836. The Morgan fingerprint density at radius 1 is 1.60 bits per heavy atom. The molecular formula is C7H6BrClN2O3S. The van der Waals surface area contributed by atoms with Crippen molar-refractivity contribution in [2.24, 2.45) is 0 Å². The third-order valence-corrected chi connectivity index (χ3v) is 3.63. The van der Waals surface area contributed by atoms with Gasteiger partial charge in [-0.15, -0.1) is 0 Å². The fourth-order valence-corrected chi connectivity index (χ4v) is 2.77. The molecule has 5 nitrogen and oxygen atoms in total. The number of rotatable bonds is 2. The molecule has 0 aliphatic heterocycles. The molecule has 1 aromatic rings. The molecule has 0 atom stereocenters. The van der Waals surface area contributed by atoms with Crippen LogP contribution in [0.1, 0.15) is 6.92 Å². The molecule has 0 aromatic carbocycles. The predicted molar refractivity (Wildman–Crippen MR) is 57.9 cm³/mol. The van der Waals surface area contributed by atoms with E-state index in [1.54, 1.807) is 4.72 Å². The monoisotopic (exact) mass is 312 g/mol. The molecule has 1 N–H and O–H groups in total. The van der Waals surface area contributed by atoms with E-state index in [4.69, 9.17) is 11.6 Å². The Bertz CT molecular complexity index is 503. The summed E-state index contributed by atoms with van der Waals surface area (Å²) < 4.78 is 25.3. The van der Waals surface area contributed by atoms with Crippen LogP contribution in [0, 0.1) is 0 Å². The number of nitrogens with zero attached hydrogens (tertiary/aromatic N) is 1. The van der Waals surface area contributed by atoms with Gasteiger partial charge in [0.25, 0.3) is 10.0 Å². The van der Waals surface area contributed by atoms with Gasteiger partial charge in [-0.05, 0) is 22.0 Å². The lowest BCUT2D eigenvalue weighted by molar-refractivity contribution is -0.117. The molecule has 0 aliphatic carbocycles. The van der Waals surface area contributed by atoms with Gasteiger partial charge in [-0.3, -0.25) is 4.79 Å². The second-order valence-electron chi connectivity index (χ2n) is 2.60. The first kappa shape index (κ1) is 12.4. The Hall–Kier alpha value is -0.660. The number of nitrogens with one attached hydrogen (secondary N) is 1. The van der Waals surface area contributed by atoms with Gasteiger partial charge in [-0.25, -0.2) is 18.1 Å². The number of amides is 1. The molecule has 0 spiro atoms. The van der Waals surface area contributed by atoms with Crippen LogP contribution in [0.2, 0.25) is 5.15 Å². The van der Waals surface area contributed by atoms with Crippen molar-refractivity contribution in [2.75, 3.05) is 0 Å². The van der Waals surface area contributed by atoms with Crippen molar-refractivity contribution in [1.29, 1.82) is 0 Å². The first-order chi connectivity index (χ1) is 6.83. The van der Waals surface area contributed by atoms with Crippen molar-refractivity contribution < 1.29 is 13.2 Å². The molecule has 0 unspecified atom stereocenters. The van der Waals surface area contributed by atoms with Crippen molar-refractivity contribution in [2.45, 2.75) is 11.8 Å². The molecule has 0 radical (unpaired) electrons. The number of carbonyl (C=O) groups is 1. The molecule has 0 saturated heterocycles. The molecule has 1 rings (SSSR count). The van der Waals surface area contributed by atoms with Crippen molar-refractivity contribution in [3.63, 3.8) is 0 Å². The molecule has 1 aromatic heterocycles. The van der Waals surface area contributed by atoms with E-state index in [9.17, 15) is 13.2 Å². The maximum atomic E-state index is 11.5. The normalized spacial score (nSPS) is 11.1. The number of carbonyl (C=O) groups excluding carboxylic acids is 1. The topological polar surface area (TPSA) is 76.1 Å². The summed E-state index contributed by atoms with van der Waals surface area (Å²) in [5.41, 5.74) is 0. The van der Waals surface area contributed by atoms with Crippen LogP contribution in [0.4, 0.5) is 0 Å². The highest BCUT2D eigenvalue weighted by molar-refractivity contribution is 9.10. The predicted octanol–water partition coefficient (Wildman–Crippen LogP) is 1.32. The summed E-state index contributed by atoms with van der Waals surface area (Å²) in [6.45, 7) is 1.09. The highest BCUT2D eigenvalue weighted by atomic mass is 79.9. The summed E-state index contributed by atoms with van der Waals surface area (Å²) >= 11 is 8.66. The van der Waals surface area contributed by atoms with Crippen molar-refractivity contribution in [1.82, 2.24) is 9.71 Å². The van der Waals surface area contributed by atoms with Gasteiger partial charge in [-0.2, -0.15) is 0 Å². The maximum absolute atomic E-state index is 11.5. The number of halogens is 2. The average molecular weight is 314 g/mol. The second-order valence-corrected chi connectivity index (χ2v) is 5.53. The Kier molecular flexibility index (Phi) is 3.69. The number of pyridine rings is 1. The summed E-state index contributed by atoms with van der Waals surface area (Å²) in [6.07, 6.45) is 1.36. The minimum Gasteiger partial charge on any atom is -0.274 e. The van der Waals surface area contributed by atoms with E-state index in [0.717, 1.165) is 6.92 Å². The van der Waals surface area contributed by atoms with Gasteiger partial charge < -0.3 is 0 Å². The zero-order chi connectivity index (χ0) is 11.6. The van der Waals surface area contributed by atoms with Gasteiger partial charge >= 0.3 is 0 Å². The minimum atomic E-state index is -3.94. The fraction of sp³-hybridized carbons (Fsp3) is 0.143. The van der Waals surface area contributed by atoms with Crippen LogP contribution in [0.25, 0.3) is 0 Å². The first-order valence-corrected chi connectivity index (χ1v) is 6.33. The van der Waals surface area contributed by atoms with Crippen LogP contribution in [0.5, 0.6) is 0 Å². The van der Waals surface area contributed by atoms with Crippen LogP contribution in [0.3, 0.4) is 0 Å². The first-order valence-electron chi connectivity index (χ1n) is 3.67. The number of hydrogen-bond donors (Lipinski definition) is 1. The van der Waals surface area contributed by atoms with Crippen molar-refractivity contribution in [3.05, 3.63) is 21.9 Å². The van der Waals surface area contributed by atoms with E-state index in [0.29, 0.717) is 4.47 Å². The third kappa shape index (κ3) is 3.15. The van der Waals surface area contributed by atoms with Crippen LogP contribution in [-0.2, 0) is 14.8 Å². The number of sulfonamides is 1. The van der Waals surface area contributed by atoms with Gasteiger partial charge in [0.15, 0.2) is 0 Å². The van der Waals surface area contributed by atoms with Crippen LogP contribution < -0.4 is 4.72 Å². The summed E-state index contributed by atoms with van der Waals surface area (Å²) in [7, 11) is -3.94. The lowest BCUT2D eigenvalue weighted by Crippen LogP contribution is -2.28. The van der Waals surface area contributed by atoms with Gasteiger partial charge in [0.05, 0.1) is 0 Å². The van der Waals surface area contributed by atoms with E-state index in [2.05, 4.69) is 20.9 Å². The zero-order valence-electron chi connectivity index (χ0n) is 7.49. The Morgan fingerprint density at radius 2 is 2.20 bits per heavy atom. The molecule has 82 valence electrons. The molecule has 1 amide bonds. The van der Waals surface area contributed by atoms with E-state index >= 15 is 0 Å². The van der Waals surface area contributed by atoms with Gasteiger partial charge in [-0.1, -0.05) is 11.6 Å². The number of hydrogen-bond acceptors (Lipinski definition) is 4. The number of aromatic nitrogens is 1. The van der Waals surface area contributed by atoms with Crippen LogP contribution >= 0.6 is 27.5 Å². The fourth-order valence-electron chi connectivity index (χ4n) is 0.837. The highest BCUT2D eigenvalue weighted by Gasteiger charge is 2.20. The Labute approximate surface area is 100 Å². The lowest BCUT2D eigenvalue weighted by atomic mass is 10.5. The highest BCUT2D eigenvalue weighted by Crippen LogP contribution is 2.22. The van der Waals surface area contributed by atoms with E-state index in [1.165, 1.54) is 12.3 Å². The standard InChI is InChI=1S/C7H6BrClN2O3S/c1-4(12)11-15(13,14)6-2-5(8)3-10-7(6)9/h2-3H,1H3,(H,11,12). The minimum absolute atomic E-state index is 0.188. The van der Waals surface area contributed by atoms with Crippen molar-refractivity contribution in [3.8, 4) is 0 Å². The van der Waals surface area contributed by atoms with E-state index in [-0.39, 0.29) is 10.0 Å². The molecule has 8 heteroatoms. The van der Waals surface area contributed by atoms with Crippen LogP contribution in [-0.4, -0.2) is 19.3 Å². The summed E-state index contributed by atoms with van der Waals surface area (Å²) in [4.78, 5) is 14.1. The van der Waals surface area contributed by atoms with E-state index < -0.39 is 15.9 Å². The Balaban J connectivity index is 3.26. The maximum Gasteiger partial charge on any atom is 0.267 e. The smallest absolute Gasteiger partial charge is 0.267 e. The third-order valence-electron chi connectivity index (χ3n) is 1.34. The molecular weight excluding hydrogens is 308 g/mol. The van der Waals surface area contributed by atoms with E-state index in [1.807, 2.05) is 0 Å². The molecule has 0 saturated carbocycles. The SMILES string of the molecule is CC(=O)NS(=O)(=O)c1cc(Br)cnc1Cl. The molecule has 0 bridgehead atoms. The van der Waals surface area contributed by atoms with Gasteiger partial charge in [0, 0.05) is 17.6 Å². The molecule has 15 heavy (non-hydrogen) atoms. The zero-order valence-corrected chi connectivity index (χ0v) is 10.6. The second kappa shape index (κ2) is 4.46. The molecule has 0 fully saturated rings.